The lowest BCUT2D eigenvalue weighted by Crippen LogP contribution is -2.64. The zero-order chi connectivity index (χ0) is 36.0. The number of hydrogen-bond donors (Lipinski definition) is 10. The minimum Gasteiger partial charge on any atom is -0.463 e. The molecule has 6 rings (SSSR count). The Labute approximate surface area is 286 Å². The third-order valence-electron chi connectivity index (χ3n) is 10.9. The summed E-state index contributed by atoms with van der Waals surface area (Å²) in [7, 11) is 0. The van der Waals surface area contributed by atoms with Gasteiger partial charge >= 0.3 is 11.9 Å². The molecule has 0 spiro atoms. The average Bonchev–Trinajstić information content (AvgIpc) is 3.08. The van der Waals surface area contributed by atoms with Crippen molar-refractivity contribution < 1.29 is 93.8 Å². The number of carbonyl (C=O) groups is 2. The van der Waals surface area contributed by atoms with Gasteiger partial charge in [0, 0.05) is 18.8 Å². The van der Waals surface area contributed by atoms with Gasteiger partial charge in [0.15, 0.2) is 30.9 Å². The van der Waals surface area contributed by atoms with Crippen LogP contribution in [0.25, 0.3) is 0 Å². The van der Waals surface area contributed by atoms with Gasteiger partial charge in [-0.05, 0) is 25.7 Å². The number of aliphatic hydroxyl groups is 12. The lowest BCUT2D eigenvalue weighted by Gasteiger charge is -2.50. The molecule has 20 unspecified atom stereocenters. The van der Waals surface area contributed by atoms with Crippen LogP contribution in [0, 0.1) is 11.8 Å². The number of cyclic esters (lactones) is 2. The van der Waals surface area contributed by atoms with Crippen LogP contribution in [0.3, 0.4) is 0 Å². The molecule has 19 heteroatoms. The van der Waals surface area contributed by atoms with Gasteiger partial charge in [-0.1, -0.05) is 0 Å². The standard InChI is InChI=1S/C31H48O19/c32-11-4-16-12-6-18(28(46-16)10-1-2-13(33)14(34)3-10)48-31-27(42)24(39)22(37)19(49-31)8-44-21(36)7-15(35)29(43)45-9-20-23(38)25(40)26(41)30(50-20)47-17(12)5-11/h10-20,22-28,30-35,37-42H,1-9H2/p+1. The van der Waals surface area contributed by atoms with Crippen molar-refractivity contribution >= 4 is 11.9 Å². The molecule has 0 aromatic rings. The van der Waals surface area contributed by atoms with E-state index in [0.717, 1.165) is 0 Å². The van der Waals surface area contributed by atoms with Crippen LogP contribution in [0.15, 0.2) is 0 Å². The molecule has 20 atom stereocenters. The van der Waals surface area contributed by atoms with Gasteiger partial charge in [0.2, 0.25) is 0 Å². The summed E-state index contributed by atoms with van der Waals surface area (Å²) in [6.07, 6.45) is -24.1. The second-order valence-corrected chi connectivity index (χ2v) is 14.4. The number of aliphatic hydroxyl groups excluding tert-OH is 10. The van der Waals surface area contributed by atoms with Crippen LogP contribution < -0.4 is 0 Å². The van der Waals surface area contributed by atoms with Crippen LogP contribution in [0.5, 0.6) is 0 Å². The first-order valence-electron chi connectivity index (χ1n) is 17.2. The predicted octanol–water partition coefficient (Wildman–Crippen LogP) is -5.82. The normalized spacial score (nSPS) is 52.7. The zero-order valence-electron chi connectivity index (χ0n) is 27.1. The minimum absolute atomic E-state index is 0.0420. The van der Waals surface area contributed by atoms with E-state index in [1.165, 1.54) is 0 Å². The summed E-state index contributed by atoms with van der Waals surface area (Å²) in [5.74, 6) is -3.25. The first kappa shape index (κ1) is 38.1. The molecule has 286 valence electrons. The first-order valence-corrected chi connectivity index (χ1v) is 17.2. The van der Waals surface area contributed by atoms with Crippen molar-refractivity contribution in [3.8, 4) is 0 Å². The first-order chi connectivity index (χ1) is 23.7. The monoisotopic (exact) mass is 725 g/mol. The number of rotatable bonds is 1. The molecule has 50 heavy (non-hydrogen) atoms. The predicted molar refractivity (Wildman–Crippen MR) is 158 cm³/mol. The quantitative estimate of drug-likeness (QED) is 0.0889. The maximum Gasteiger partial charge on any atom is 0.335 e. The molecule has 19 nitrogen and oxygen atoms in total. The average molecular weight is 726 g/mol. The summed E-state index contributed by atoms with van der Waals surface area (Å²) in [6, 6.07) is 0. The Morgan fingerprint density at radius 3 is 1.76 bits per heavy atom. The Kier molecular flexibility index (Phi) is 12.0. The summed E-state index contributed by atoms with van der Waals surface area (Å²) in [5, 5.41) is 106. The third kappa shape index (κ3) is 7.97. The van der Waals surface area contributed by atoms with E-state index in [9.17, 15) is 60.7 Å². The van der Waals surface area contributed by atoms with Crippen molar-refractivity contribution in [1.29, 1.82) is 0 Å². The van der Waals surface area contributed by atoms with Crippen LogP contribution in [0.4, 0.5) is 0 Å². The molecule has 6 aliphatic rings. The molecule has 2 aliphatic carbocycles. The van der Waals surface area contributed by atoms with E-state index in [4.69, 9.17) is 33.2 Å². The van der Waals surface area contributed by atoms with Gasteiger partial charge in [-0.3, -0.25) is 4.79 Å². The molecule has 6 fully saturated rings. The minimum atomic E-state index is -2.03. The lowest BCUT2D eigenvalue weighted by atomic mass is 9.72. The van der Waals surface area contributed by atoms with Gasteiger partial charge in [0.1, 0.15) is 68.1 Å². The number of hydrogen-bond acceptors (Lipinski definition) is 18. The van der Waals surface area contributed by atoms with E-state index in [0.29, 0.717) is 6.42 Å². The summed E-state index contributed by atoms with van der Waals surface area (Å²) in [4.78, 5) is 24.9. The van der Waals surface area contributed by atoms with Gasteiger partial charge in [0.25, 0.3) is 0 Å². The molecular formula is C31H49O19+. The maximum atomic E-state index is 12.5. The van der Waals surface area contributed by atoms with Gasteiger partial charge in [-0.25, -0.2) is 4.79 Å². The SMILES string of the molecule is O=C1CC(O)C(=O)OCC2OC(OC3CC(O)CC4[OH+]C(C5CCC(O)C(O)C5)C(CC34)OC3OC(CO1)C(O)C(O)C3O)C(O)C(O)C2O. The molecule has 2 saturated carbocycles. The molecule has 4 saturated heterocycles. The fourth-order valence-electron chi connectivity index (χ4n) is 8.05. The van der Waals surface area contributed by atoms with Gasteiger partial charge < -0.3 is 84.2 Å². The van der Waals surface area contributed by atoms with Crippen LogP contribution in [0.2, 0.25) is 0 Å². The summed E-state index contributed by atoms with van der Waals surface area (Å²) in [5.41, 5.74) is 0. The van der Waals surface area contributed by atoms with Gasteiger partial charge in [0.05, 0.1) is 36.8 Å². The van der Waals surface area contributed by atoms with E-state index in [1.807, 2.05) is 0 Å². The molecule has 0 aromatic carbocycles. The molecule has 0 radical (unpaired) electrons. The fraction of sp³-hybridized carbons (Fsp3) is 0.935. The molecule has 11 N–H and O–H groups in total. The van der Waals surface area contributed by atoms with Crippen LogP contribution in [0.1, 0.15) is 44.9 Å². The summed E-state index contributed by atoms with van der Waals surface area (Å²) >= 11 is 0. The molecule has 6 bridgehead atoms. The van der Waals surface area contributed by atoms with Crippen molar-refractivity contribution in [3.05, 3.63) is 0 Å². The number of esters is 2. The second kappa shape index (κ2) is 15.7. The topological polar surface area (TPSA) is 305 Å². The Morgan fingerprint density at radius 2 is 1.14 bits per heavy atom. The second-order valence-electron chi connectivity index (χ2n) is 14.4. The Morgan fingerprint density at radius 1 is 0.560 bits per heavy atom. The molecule has 4 aliphatic heterocycles. The lowest BCUT2D eigenvalue weighted by molar-refractivity contribution is -0.367. The van der Waals surface area contributed by atoms with Crippen molar-refractivity contribution in [1.82, 2.24) is 0 Å². The fourth-order valence-corrected chi connectivity index (χ4v) is 8.05. The van der Waals surface area contributed by atoms with Gasteiger partial charge in [-0.15, -0.1) is 0 Å². The van der Waals surface area contributed by atoms with Crippen LogP contribution in [-0.4, -0.2) is 191 Å². The number of fused-ring (bicyclic) bond motifs is 5. The Hall–Kier alpha value is -1.66. The summed E-state index contributed by atoms with van der Waals surface area (Å²) < 4.78 is 39.2. The van der Waals surface area contributed by atoms with Gasteiger partial charge in [-0.2, -0.15) is 0 Å². The highest BCUT2D eigenvalue weighted by Gasteiger charge is 2.57. The van der Waals surface area contributed by atoms with E-state index in [-0.39, 0.29) is 38.0 Å². The van der Waals surface area contributed by atoms with Crippen molar-refractivity contribution in [2.24, 2.45) is 11.8 Å². The van der Waals surface area contributed by atoms with E-state index in [1.54, 1.807) is 0 Å². The Balaban J connectivity index is 1.31. The zero-order valence-corrected chi connectivity index (χ0v) is 27.1. The van der Waals surface area contributed by atoms with E-state index < -0.39 is 148 Å². The summed E-state index contributed by atoms with van der Waals surface area (Å²) in [6.45, 7) is -1.38. The third-order valence-corrected chi connectivity index (χ3v) is 10.9. The highest BCUT2D eigenvalue weighted by atomic mass is 16.7. The van der Waals surface area contributed by atoms with Crippen molar-refractivity contribution in [2.45, 2.75) is 155 Å². The molecule has 4 heterocycles. The number of ether oxygens (including phenoxy) is 7. The molecule has 0 aromatic heterocycles. The van der Waals surface area contributed by atoms with Crippen LogP contribution >= 0.6 is 0 Å². The largest absolute Gasteiger partial charge is 0.463 e. The smallest absolute Gasteiger partial charge is 0.335 e. The highest BCUT2D eigenvalue weighted by molar-refractivity contribution is 5.81. The van der Waals surface area contributed by atoms with E-state index in [2.05, 4.69) is 0 Å². The molecular weight excluding hydrogens is 676 g/mol. The van der Waals surface area contributed by atoms with Crippen LogP contribution in [-0.2, 0) is 38.0 Å². The van der Waals surface area contributed by atoms with E-state index >= 15 is 0 Å². The highest BCUT2D eigenvalue weighted by Crippen LogP contribution is 2.44. The maximum absolute atomic E-state index is 12.5. The van der Waals surface area contributed by atoms with Crippen molar-refractivity contribution in [2.75, 3.05) is 13.2 Å². The number of carbonyl (C=O) groups excluding carboxylic acids is 2. The van der Waals surface area contributed by atoms with Crippen molar-refractivity contribution in [3.63, 3.8) is 0 Å². The Bertz CT molecular complexity index is 1180. The molecule has 0 amide bonds.